The molecule has 0 aliphatic heterocycles. The fourth-order valence-electron chi connectivity index (χ4n) is 2.38. The van der Waals surface area contributed by atoms with E-state index in [1.165, 1.54) is 6.42 Å². The Bertz CT molecular complexity index is 814. The molecule has 1 heterocycles. The normalized spacial score (nSPS) is 11.3. The van der Waals surface area contributed by atoms with Gasteiger partial charge < -0.3 is 4.74 Å². The molecule has 0 atom stereocenters. The number of rotatable bonds is 10. The first-order valence-electron chi connectivity index (χ1n) is 8.66. The number of esters is 1. The van der Waals surface area contributed by atoms with Gasteiger partial charge in [-0.25, -0.2) is 13.4 Å². The fraction of sp³-hybridized carbons (Fsp3) is 0.444. The molecule has 142 valence electrons. The van der Waals surface area contributed by atoms with Gasteiger partial charge in [0, 0.05) is 5.38 Å². The summed E-state index contributed by atoms with van der Waals surface area (Å²) in [5.74, 6) is -0.383. The smallest absolute Gasteiger partial charge is 0.311 e. The van der Waals surface area contributed by atoms with Gasteiger partial charge in [0.05, 0.1) is 23.6 Å². The first kappa shape index (κ1) is 20.4. The number of aromatic nitrogens is 1. The summed E-state index contributed by atoms with van der Waals surface area (Å²) in [5.41, 5.74) is 1.61. The average molecular weight is 397 g/mol. The zero-order valence-electron chi connectivity index (χ0n) is 15.0. The Morgan fingerprint density at radius 2 is 1.92 bits per heavy atom. The molecule has 0 spiro atoms. The molecule has 1 aromatic heterocycles. The van der Waals surface area contributed by atoms with Crippen molar-refractivity contribution in [1.29, 1.82) is 0 Å². The predicted molar refractivity (Wildman–Crippen MR) is 103 cm³/mol. The number of anilines is 1. The minimum Gasteiger partial charge on any atom is -0.466 e. The lowest BCUT2D eigenvalue weighted by Crippen LogP contribution is -2.13. The van der Waals surface area contributed by atoms with Gasteiger partial charge >= 0.3 is 5.97 Å². The van der Waals surface area contributed by atoms with Crippen molar-refractivity contribution in [3.05, 3.63) is 40.9 Å². The first-order chi connectivity index (χ1) is 12.4. The summed E-state index contributed by atoms with van der Waals surface area (Å²) < 4.78 is 32.3. The quantitative estimate of drug-likeness (QED) is 0.488. The van der Waals surface area contributed by atoms with Gasteiger partial charge in [-0.05, 0) is 37.5 Å². The summed E-state index contributed by atoms with van der Waals surface area (Å²) in [6, 6.07) is 6.91. The summed E-state index contributed by atoms with van der Waals surface area (Å²) in [5, 5.41) is 1.88. The van der Waals surface area contributed by atoms with E-state index in [-0.39, 0.29) is 22.4 Å². The molecule has 0 aliphatic rings. The number of nitrogens with zero attached hydrogens (tertiary/aromatic N) is 1. The van der Waals surface area contributed by atoms with Crippen molar-refractivity contribution < 1.29 is 17.9 Å². The van der Waals surface area contributed by atoms with E-state index in [9.17, 15) is 13.2 Å². The predicted octanol–water partition coefficient (Wildman–Crippen LogP) is 3.78. The molecule has 1 N–H and O–H groups in total. The Morgan fingerprint density at radius 1 is 1.19 bits per heavy atom. The van der Waals surface area contributed by atoms with E-state index in [2.05, 4.69) is 16.6 Å². The van der Waals surface area contributed by atoms with Gasteiger partial charge in [-0.2, -0.15) is 0 Å². The Morgan fingerprint density at radius 3 is 2.58 bits per heavy atom. The van der Waals surface area contributed by atoms with Crippen LogP contribution in [0.25, 0.3) is 0 Å². The van der Waals surface area contributed by atoms with E-state index in [1.807, 2.05) is 12.1 Å². The van der Waals surface area contributed by atoms with Gasteiger partial charge in [-0.15, -0.1) is 11.3 Å². The second-order valence-corrected chi connectivity index (χ2v) is 8.37. The first-order valence-corrected chi connectivity index (χ1v) is 11.0. The van der Waals surface area contributed by atoms with Gasteiger partial charge in [0.1, 0.15) is 0 Å². The highest BCUT2D eigenvalue weighted by atomic mass is 32.2. The number of benzene rings is 1. The van der Waals surface area contributed by atoms with Crippen LogP contribution in [-0.2, 0) is 32.4 Å². The lowest BCUT2D eigenvalue weighted by Gasteiger charge is -2.06. The molecule has 0 unspecified atom stereocenters. The molecule has 0 radical (unpaired) electrons. The largest absolute Gasteiger partial charge is 0.466 e. The molecule has 26 heavy (non-hydrogen) atoms. The number of thiazole rings is 1. The fourth-order valence-corrected chi connectivity index (χ4v) is 4.35. The lowest BCUT2D eigenvalue weighted by molar-refractivity contribution is -0.142. The molecule has 0 aliphatic carbocycles. The van der Waals surface area contributed by atoms with Crippen LogP contribution in [0, 0.1) is 0 Å². The van der Waals surface area contributed by atoms with Gasteiger partial charge in [-0.3, -0.25) is 9.52 Å². The third-order valence-corrected chi connectivity index (χ3v) is 6.00. The van der Waals surface area contributed by atoms with Crippen LogP contribution < -0.4 is 4.72 Å². The molecule has 2 rings (SSSR count). The molecule has 0 saturated carbocycles. The number of carbonyl (C=O) groups is 1. The number of nitrogens with one attached hydrogen (secondary N) is 1. The Balaban J connectivity index is 2.00. The summed E-state index contributed by atoms with van der Waals surface area (Å²) in [7, 11) is -3.70. The SMILES string of the molecule is CCCCCc1ccc(S(=O)(=O)Nc2nc(CC(=O)OCC)cs2)cc1. The van der Waals surface area contributed by atoms with Crippen LogP contribution in [0.3, 0.4) is 0 Å². The van der Waals surface area contributed by atoms with Crippen LogP contribution in [0.5, 0.6) is 0 Å². The highest BCUT2D eigenvalue weighted by molar-refractivity contribution is 7.93. The van der Waals surface area contributed by atoms with Crippen molar-refractivity contribution in [3.63, 3.8) is 0 Å². The van der Waals surface area contributed by atoms with Gasteiger partial charge in [0.2, 0.25) is 0 Å². The molecule has 1 aromatic carbocycles. The van der Waals surface area contributed by atoms with E-state index in [0.29, 0.717) is 12.3 Å². The van der Waals surface area contributed by atoms with E-state index in [4.69, 9.17) is 4.74 Å². The van der Waals surface area contributed by atoms with E-state index < -0.39 is 10.0 Å². The standard InChI is InChI=1S/C18H24N2O4S2/c1-3-5-6-7-14-8-10-16(11-9-14)26(22,23)20-18-19-15(13-25-18)12-17(21)24-4-2/h8-11,13H,3-7,12H2,1-2H3,(H,19,20). The van der Waals surface area contributed by atoms with Crippen LogP contribution in [0.1, 0.15) is 44.4 Å². The summed E-state index contributed by atoms with van der Waals surface area (Å²) >= 11 is 1.14. The van der Waals surface area contributed by atoms with Crippen LogP contribution in [0.15, 0.2) is 34.5 Å². The number of carbonyl (C=O) groups excluding carboxylic acids is 1. The van der Waals surface area contributed by atoms with Crippen molar-refractivity contribution >= 4 is 32.5 Å². The molecule has 0 fully saturated rings. The minimum atomic E-state index is -3.70. The Labute approximate surface area is 158 Å². The number of ether oxygens (including phenoxy) is 1. The number of hydrogen-bond acceptors (Lipinski definition) is 6. The topological polar surface area (TPSA) is 85.4 Å². The van der Waals surface area contributed by atoms with Crippen molar-refractivity contribution in [2.45, 2.75) is 50.8 Å². The summed E-state index contributed by atoms with van der Waals surface area (Å²) in [4.78, 5) is 15.8. The number of aryl methyl sites for hydroxylation is 1. The maximum atomic E-state index is 12.5. The molecule has 2 aromatic rings. The molecular formula is C18H24N2O4S2. The molecule has 0 bridgehead atoms. The molecular weight excluding hydrogens is 372 g/mol. The third-order valence-electron chi connectivity index (χ3n) is 3.71. The molecule has 0 amide bonds. The number of sulfonamides is 1. The average Bonchev–Trinajstić information content (AvgIpc) is 3.02. The van der Waals surface area contributed by atoms with Gasteiger partial charge in [0.15, 0.2) is 5.13 Å². The van der Waals surface area contributed by atoms with Crippen LogP contribution in [0.2, 0.25) is 0 Å². The Hall–Kier alpha value is -1.93. The molecule has 8 heteroatoms. The van der Waals surface area contributed by atoms with E-state index in [0.717, 1.165) is 36.2 Å². The summed E-state index contributed by atoms with van der Waals surface area (Å²) in [6.07, 6.45) is 4.40. The zero-order valence-corrected chi connectivity index (χ0v) is 16.7. The van der Waals surface area contributed by atoms with Gasteiger partial charge in [-0.1, -0.05) is 31.9 Å². The molecule has 6 nitrogen and oxygen atoms in total. The van der Waals surface area contributed by atoms with Crippen LogP contribution >= 0.6 is 11.3 Å². The monoisotopic (exact) mass is 396 g/mol. The minimum absolute atomic E-state index is 0.0263. The highest BCUT2D eigenvalue weighted by Gasteiger charge is 2.17. The Kier molecular flexibility index (Phi) is 7.59. The zero-order chi connectivity index (χ0) is 19.0. The maximum absolute atomic E-state index is 12.5. The van der Waals surface area contributed by atoms with E-state index >= 15 is 0 Å². The number of hydrogen-bond donors (Lipinski definition) is 1. The lowest BCUT2D eigenvalue weighted by atomic mass is 10.1. The molecule has 0 saturated heterocycles. The highest BCUT2D eigenvalue weighted by Crippen LogP contribution is 2.21. The second kappa shape index (κ2) is 9.68. The van der Waals surface area contributed by atoms with Gasteiger partial charge in [0.25, 0.3) is 10.0 Å². The second-order valence-electron chi connectivity index (χ2n) is 5.83. The summed E-state index contributed by atoms with van der Waals surface area (Å²) in [6.45, 7) is 4.18. The van der Waals surface area contributed by atoms with Crippen LogP contribution in [-0.4, -0.2) is 26.0 Å². The van der Waals surface area contributed by atoms with Crippen molar-refractivity contribution in [2.24, 2.45) is 0 Å². The van der Waals surface area contributed by atoms with Crippen molar-refractivity contribution in [2.75, 3.05) is 11.3 Å². The van der Waals surface area contributed by atoms with Crippen molar-refractivity contribution in [3.8, 4) is 0 Å². The van der Waals surface area contributed by atoms with E-state index in [1.54, 1.807) is 24.4 Å². The number of unbranched alkanes of at least 4 members (excludes halogenated alkanes) is 2. The van der Waals surface area contributed by atoms with Crippen LogP contribution in [0.4, 0.5) is 5.13 Å². The third kappa shape index (κ3) is 6.10. The van der Waals surface area contributed by atoms with Crippen molar-refractivity contribution in [1.82, 2.24) is 4.98 Å². The maximum Gasteiger partial charge on any atom is 0.311 e.